The summed E-state index contributed by atoms with van der Waals surface area (Å²) in [5, 5.41) is 0. The van der Waals surface area contributed by atoms with Gasteiger partial charge in [-0.25, -0.2) is 8.78 Å². The molecule has 1 amide bonds. The molecule has 0 aliphatic carbocycles. The lowest BCUT2D eigenvalue weighted by Gasteiger charge is -2.22. The quantitative estimate of drug-likeness (QED) is 0.943. The first-order valence-electron chi connectivity index (χ1n) is 6.65. The van der Waals surface area contributed by atoms with Gasteiger partial charge in [-0.3, -0.25) is 4.79 Å². The predicted octanol–water partition coefficient (Wildman–Crippen LogP) is 2.55. The van der Waals surface area contributed by atoms with Gasteiger partial charge in [-0.1, -0.05) is 24.3 Å². The second-order valence-corrected chi connectivity index (χ2v) is 5.08. The second kappa shape index (κ2) is 5.26. The van der Waals surface area contributed by atoms with Crippen LogP contribution in [0.1, 0.15) is 17.2 Å². The predicted molar refractivity (Wildman–Crippen MR) is 75.8 cm³/mol. The summed E-state index contributed by atoms with van der Waals surface area (Å²) in [5.41, 5.74) is 7.94. The highest BCUT2D eigenvalue weighted by Crippen LogP contribution is 2.30. The lowest BCUT2D eigenvalue weighted by molar-refractivity contribution is -0.117. The Hall–Kier alpha value is -2.27. The summed E-state index contributed by atoms with van der Waals surface area (Å²) >= 11 is 0. The highest BCUT2D eigenvalue weighted by molar-refractivity contribution is 6.01. The van der Waals surface area contributed by atoms with Gasteiger partial charge >= 0.3 is 0 Å². The normalized spacial score (nSPS) is 15.2. The molecule has 2 N–H and O–H groups in total. The molecule has 3 rings (SSSR count). The van der Waals surface area contributed by atoms with Crippen molar-refractivity contribution in [3.63, 3.8) is 0 Å². The number of amides is 1. The fourth-order valence-corrected chi connectivity index (χ4v) is 2.61. The van der Waals surface area contributed by atoms with E-state index < -0.39 is 17.7 Å². The minimum atomic E-state index is -0.708. The molecule has 1 heterocycles. The number of hydrogen-bond donors (Lipinski definition) is 1. The monoisotopic (exact) mass is 288 g/mol. The molecule has 108 valence electrons. The number of benzene rings is 2. The van der Waals surface area contributed by atoms with Crippen LogP contribution in [0.3, 0.4) is 0 Å². The Balaban J connectivity index is 1.85. The summed E-state index contributed by atoms with van der Waals surface area (Å²) in [5.74, 6) is -1.40. The van der Waals surface area contributed by atoms with Crippen molar-refractivity contribution in [2.45, 2.75) is 12.5 Å². The van der Waals surface area contributed by atoms with Crippen LogP contribution in [0.25, 0.3) is 0 Å². The van der Waals surface area contributed by atoms with Gasteiger partial charge in [0.05, 0.1) is 12.5 Å². The summed E-state index contributed by atoms with van der Waals surface area (Å²) in [7, 11) is 0. The third-order valence-corrected chi connectivity index (χ3v) is 3.67. The van der Waals surface area contributed by atoms with E-state index in [1.165, 1.54) is 6.07 Å². The highest BCUT2D eigenvalue weighted by Gasteiger charge is 2.28. The number of carbonyl (C=O) groups is 1. The largest absolute Gasteiger partial charge is 0.322 e. The van der Waals surface area contributed by atoms with Gasteiger partial charge in [0.1, 0.15) is 11.6 Å². The fraction of sp³-hybridized carbons (Fsp3) is 0.188. The average Bonchev–Trinajstić information content (AvgIpc) is 2.75. The number of nitrogens with zero attached hydrogens (tertiary/aromatic N) is 1. The molecule has 0 saturated carbocycles. The molecule has 1 aliphatic rings. The Morgan fingerprint density at radius 2 is 1.95 bits per heavy atom. The molecule has 0 fully saturated rings. The SMILES string of the molecule is NC(CN1C(=O)Cc2ccccc21)c1ccc(F)cc1F. The molecule has 21 heavy (non-hydrogen) atoms. The van der Waals surface area contributed by atoms with Crippen molar-refractivity contribution in [1.82, 2.24) is 0 Å². The summed E-state index contributed by atoms with van der Waals surface area (Å²) < 4.78 is 26.7. The molecule has 0 radical (unpaired) electrons. The molecule has 0 saturated heterocycles. The number of hydrogen-bond acceptors (Lipinski definition) is 2. The van der Waals surface area contributed by atoms with E-state index in [0.717, 1.165) is 23.4 Å². The zero-order valence-electron chi connectivity index (χ0n) is 11.2. The van der Waals surface area contributed by atoms with Crippen molar-refractivity contribution in [2.24, 2.45) is 5.73 Å². The molecular weight excluding hydrogens is 274 g/mol. The Morgan fingerprint density at radius 3 is 2.71 bits per heavy atom. The number of rotatable bonds is 3. The topological polar surface area (TPSA) is 46.3 Å². The lowest BCUT2D eigenvalue weighted by atomic mass is 10.1. The third kappa shape index (κ3) is 2.52. The van der Waals surface area contributed by atoms with E-state index in [1.54, 1.807) is 4.90 Å². The second-order valence-electron chi connectivity index (χ2n) is 5.08. The summed E-state index contributed by atoms with van der Waals surface area (Å²) in [6, 6.07) is 10.0. The number of halogens is 2. The number of anilines is 1. The van der Waals surface area contributed by atoms with Gasteiger partial charge in [-0.15, -0.1) is 0 Å². The molecular formula is C16H14F2N2O. The smallest absolute Gasteiger partial charge is 0.231 e. The number of para-hydroxylation sites is 1. The van der Waals surface area contributed by atoms with Crippen molar-refractivity contribution >= 4 is 11.6 Å². The minimum Gasteiger partial charge on any atom is -0.322 e. The van der Waals surface area contributed by atoms with Crippen molar-refractivity contribution in [3.8, 4) is 0 Å². The van der Waals surface area contributed by atoms with E-state index in [1.807, 2.05) is 24.3 Å². The average molecular weight is 288 g/mol. The third-order valence-electron chi connectivity index (χ3n) is 3.67. The first-order chi connectivity index (χ1) is 10.1. The number of nitrogens with two attached hydrogens (primary N) is 1. The summed E-state index contributed by atoms with van der Waals surface area (Å²) in [4.78, 5) is 13.6. The molecule has 1 atom stereocenters. The van der Waals surface area contributed by atoms with Crippen molar-refractivity contribution in [2.75, 3.05) is 11.4 Å². The number of fused-ring (bicyclic) bond motifs is 1. The lowest BCUT2D eigenvalue weighted by Crippen LogP contribution is -2.34. The Morgan fingerprint density at radius 1 is 1.19 bits per heavy atom. The first-order valence-corrected chi connectivity index (χ1v) is 6.65. The Bertz CT molecular complexity index is 702. The highest BCUT2D eigenvalue weighted by atomic mass is 19.1. The van der Waals surface area contributed by atoms with Crippen molar-refractivity contribution < 1.29 is 13.6 Å². The van der Waals surface area contributed by atoms with E-state index in [4.69, 9.17) is 5.73 Å². The molecule has 1 aliphatic heterocycles. The Kier molecular flexibility index (Phi) is 3.43. The van der Waals surface area contributed by atoms with E-state index in [0.29, 0.717) is 6.42 Å². The molecule has 0 bridgehead atoms. The van der Waals surface area contributed by atoms with Gasteiger partial charge in [-0.05, 0) is 17.7 Å². The van der Waals surface area contributed by atoms with Crippen LogP contribution in [-0.4, -0.2) is 12.5 Å². The first kappa shape index (κ1) is 13.7. The van der Waals surface area contributed by atoms with E-state index >= 15 is 0 Å². The molecule has 2 aromatic carbocycles. The molecule has 0 aromatic heterocycles. The molecule has 0 spiro atoms. The van der Waals surface area contributed by atoms with Gasteiger partial charge < -0.3 is 10.6 Å². The van der Waals surface area contributed by atoms with Crippen LogP contribution in [-0.2, 0) is 11.2 Å². The Labute approximate surface area is 121 Å². The van der Waals surface area contributed by atoms with Crippen molar-refractivity contribution in [3.05, 3.63) is 65.2 Å². The maximum Gasteiger partial charge on any atom is 0.231 e. The fourth-order valence-electron chi connectivity index (χ4n) is 2.61. The van der Waals surface area contributed by atoms with Crippen LogP contribution in [0, 0.1) is 11.6 Å². The minimum absolute atomic E-state index is 0.0610. The van der Waals surface area contributed by atoms with E-state index in [-0.39, 0.29) is 18.0 Å². The van der Waals surface area contributed by atoms with Crippen LogP contribution in [0.15, 0.2) is 42.5 Å². The maximum atomic E-state index is 13.7. The zero-order valence-corrected chi connectivity index (χ0v) is 11.2. The molecule has 3 nitrogen and oxygen atoms in total. The van der Waals surface area contributed by atoms with E-state index in [9.17, 15) is 13.6 Å². The van der Waals surface area contributed by atoms with E-state index in [2.05, 4.69) is 0 Å². The van der Waals surface area contributed by atoms with Crippen LogP contribution in [0.5, 0.6) is 0 Å². The van der Waals surface area contributed by atoms with Gasteiger partial charge in [0, 0.05) is 23.9 Å². The van der Waals surface area contributed by atoms with Crippen LogP contribution < -0.4 is 10.6 Å². The van der Waals surface area contributed by atoms with Gasteiger partial charge in [0.15, 0.2) is 0 Å². The maximum absolute atomic E-state index is 13.7. The molecule has 1 unspecified atom stereocenters. The van der Waals surface area contributed by atoms with Crippen LogP contribution in [0.2, 0.25) is 0 Å². The summed E-state index contributed by atoms with van der Waals surface area (Å²) in [6.07, 6.45) is 0.328. The molecule has 2 aromatic rings. The standard InChI is InChI=1S/C16H14F2N2O/c17-11-5-6-12(13(18)8-11)14(19)9-20-15-4-2-1-3-10(15)7-16(20)21/h1-6,8,14H,7,9,19H2. The van der Waals surface area contributed by atoms with Crippen LogP contribution >= 0.6 is 0 Å². The van der Waals surface area contributed by atoms with Crippen LogP contribution in [0.4, 0.5) is 14.5 Å². The van der Waals surface area contributed by atoms with Gasteiger partial charge in [0.2, 0.25) is 5.91 Å². The van der Waals surface area contributed by atoms with Gasteiger partial charge in [0.25, 0.3) is 0 Å². The van der Waals surface area contributed by atoms with Crippen molar-refractivity contribution in [1.29, 1.82) is 0 Å². The summed E-state index contributed by atoms with van der Waals surface area (Å²) in [6.45, 7) is 0.165. The molecule has 5 heteroatoms. The number of carbonyl (C=O) groups excluding carboxylic acids is 1. The zero-order chi connectivity index (χ0) is 15.0. The van der Waals surface area contributed by atoms with Gasteiger partial charge in [-0.2, -0.15) is 0 Å².